The minimum Gasteiger partial charge on any atom is -0.381 e. The van der Waals surface area contributed by atoms with Gasteiger partial charge in [0, 0.05) is 23.3 Å². The zero-order valence-electron chi connectivity index (χ0n) is 9.98. The van der Waals surface area contributed by atoms with Crippen LogP contribution >= 0.6 is 11.6 Å². The molecule has 0 unspecified atom stereocenters. The van der Waals surface area contributed by atoms with Crippen LogP contribution in [-0.2, 0) is 0 Å². The Kier molecular flexibility index (Phi) is 2.77. The molecule has 0 saturated heterocycles. The maximum atomic E-state index is 13.4. The zero-order chi connectivity index (χ0) is 14.3. The van der Waals surface area contributed by atoms with Crippen molar-refractivity contribution in [3.05, 3.63) is 40.9 Å². The Hall–Kier alpha value is -2.65. The van der Waals surface area contributed by atoms with Gasteiger partial charge >= 0.3 is 0 Å². The van der Waals surface area contributed by atoms with Crippen LogP contribution in [0.5, 0.6) is 0 Å². The number of aromatic amines is 1. The molecule has 98 valence electrons. The fourth-order valence-corrected chi connectivity index (χ4v) is 2.13. The van der Waals surface area contributed by atoms with E-state index in [-0.39, 0.29) is 11.4 Å². The number of aromatic nitrogens is 3. The molecule has 0 spiro atoms. The molecule has 7 heteroatoms. The third-order valence-corrected chi connectivity index (χ3v) is 3.08. The number of anilines is 1. The lowest BCUT2D eigenvalue weighted by atomic mass is 10.1. The Labute approximate surface area is 117 Å². The fraction of sp³-hybridized carbons (Fsp3) is 0. The van der Waals surface area contributed by atoms with Crippen molar-refractivity contribution in [3.63, 3.8) is 0 Å². The van der Waals surface area contributed by atoms with Gasteiger partial charge in [0.25, 0.3) is 0 Å². The monoisotopic (exact) mass is 287 g/mol. The summed E-state index contributed by atoms with van der Waals surface area (Å²) in [6, 6.07) is 4.66. The largest absolute Gasteiger partial charge is 0.381 e. The number of hydrogen-bond acceptors (Lipinski definition) is 4. The van der Waals surface area contributed by atoms with Crippen molar-refractivity contribution < 1.29 is 4.39 Å². The maximum absolute atomic E-state index is 13.4. The van der Waals surface area contributed by atoms with Gasteiger partial charge in [-0.25, -0.2) is 14.4 Å². The number of H-pyrrole nitrogens is 1. The number of nitriles is 1. The first-order chi connectivity index (χ1) is 9.60. The molecule has 20 heavy (non-hydrogen) atoms. The van der Waals surface area contributed by atoms with Crippen LogP contribution in [-0.4, -0.2) is 15.0 Å². The van der Waals surface area contributed by atoms with E-state index in [2.05, 4.69) is 15.0 Å². The van der Waals surface area contributed by atoms with Crippen LogP contribution in [0.15, 0.2) is 24.5 Å². The second-order valence-electron chi connectivity index (χ2n) is 4.12. The van der Waals surface area contributed by atoms with Crippen LogP contribution in [0.3, 0.4) is 0 Å². The smallest absolute Gasteiger partial charge is 0.166 e. The average molecular weight is 288 g/mol. The summed E-state index contributed by atoms with van der Waals surface area (Å²) in [7, 11) is 0. The molecule has 0 aliphatic rings. The molecular weight excluding hydrogens is 281 g/mol. The summed E-state index contributed by atoms with van der Waals surface area (Å²) in [5.41, 5.74) is 7.06. The molecular formula is C13H7ClFN5. The van der Waals surface area contributed by atoms with Crippen molar-refractivity contribution in [2.75, 3.05) is 5.73 Å². The van der Waals surface area contributed by atoms with Crippen LogP contribution in [0.25, 0.3) is 22.3 Å². The third-order valence-electron chi connectivity index (χ3n) is 2.88. The quantitative estimate of drug-likeness (QED) is 0.720. The summed E-state index contributed by atoms with van der Waals surface area (Å²) in [6.07, 6.45) is 3.14. The van der Waals surface area contributed by atoms with Gasteiger partial charge in [0.05, 0.1) is 16.3 Å². The second kappa shape index (κ2) is 4.47. The molecule has 3 aromatic rings. The average Bonchev–Trinajstić information content (AvgIpc) is 2.84. The summed E-state index contributed by atoms with van der Waals surface area (Å²) in [6.45, 7) is 0. The van der Waals surface area contributed by atoms with E-state index in [1.54, 1.807) is 12.3 Å². The highest BCUT2D eigenvalue weighted by Crippen LogP contribution is 2.31. The minimum atomic E-state index is -0.721. The number of rotatable bonds is 1. The first kappa shape index (κ1) is 12.4. The van der Waals surface area contributed by atoms with Crippen molar-refractivity contribution >= 4 is 28.5 Å². The highest BCUT2D eigenvalue weighted by atomic mass is 35.5. The Bertz CT molecular complexity index is 865. The molecule has 0 fully saturated rings. The molecule has 0 bridgehead atoms. The van der Waals surface area contributed by atoms with Gasteiger partial charge in [-0.2, -0.15) is 5.26 Å². The molecule has 0 saturated carbocycles. The Morgan fingerprint density at radius 3 is 2.95 bits per heavy atom. The van der Waals surface area contributed by atoms with Crippen molar-refractivity contribution in [3.8, 4) is 17.3 Å². The molecule has 0 amide bonds. The van der Waals surface area contributed by atoms with Gasteiger partial charge in [0.2, 0.25) is 0 Å². The first-order valence-electron chi connectivity index (χ1n) is 5.59. The standard InChI is InChI=1S/C13H7ClFN5/c14-7-2-8-9(5-19-13(8)18-4-7)11-6(3-16)1-10(15)12(17)20-11/h1-2,4-5H,(H2,17,20)(H,18,19). The molecule has 0 aliphatic heterocycles. The van der Waals surface area contributed by atoms with Gasteiger partial charge in [-0.15, -0.1) is 0 Å². The van der Waals surface area contributed by atoms with Crippen LogP contribution < -0.4 is 5.73 Å². The van der Waals surface area contributed by atoms with E-state index in [1.165, 1.54) is 6.20 Å². The molecule has 5 nitrogen and oxygen atoms in total. The summed E-state index contributed by atoms with van der Waals surface area (Å²) in [5, 5.41) is 10.2. The Morgan fingerprint density at radius 1 is 1.40 bits per heavy atom. The number of fused-ring (bicyclic) bond motifs is 1. The molecule has 0 aromatic carbocycles. The fourth-order valence-electron chi connectivity index (χ4n) is 1.97. The van der Waals surface area contributed by atoms with Crippen LogP contribution in [0.4, 0.5) is 10.2 Å². The van der Waals surface area contributed by atoms with Crippen molar-refractivity contribution in [2.45, 2.75) is 0 Å². The summed E-state index contributed by atoms with van der Waals surface area (Å²) in [5.74, 6) is -0.982. The van der Waals surface area contributed by atoms with E-state index in [9.17, 15) is 4.39 Å². The number of nitrogens with one attached hydrogen (secondary N) is 1. The van der Waals surface area contributed by atoms with Gasteiger partial charge in [-0.05, 0) is 12.1 Å². The van der Waals surface area contributed by atoms with Gasteiger partial charge in [0.15, 0.2) is 11.6 Å². The van der Waals surface area contributed by atoms with Gasteiger partial charge in [-0.3, -0.25) is 0 Å². The van der Waals surface area contributed by atoms with E-state index in [0.717, 1.165) is 6.07 Å². The summed E-state index contributed by atoms with van der Waals surface area (Å²) >= 11 is 5.92. The molecule has 0 atom stereocenters. The van der Waals surface area contributed by atoms with E-state index < -0.39 is 5.82 Å². The number of nitrogens with two attached hydrogens (primary N) is 1. The maximum Gasteiger partial charge on any atom is 0.166 e. The van der Waals surface area contributed by atoms with Crippen LogP contribution in [0.2, 0.25) is 5.02 Å². The number of halogens is 2. The predicted octanol–water partition coefficient (Wildman–Crippen LogP) is 2.87. The van der Waals surface area contributed by atoms with Crippen LogP contribution in [0.1, 0.15) is 5.56 Å². The lowest BCUT2D eigenvalue weighted by Gasteiger charge is -2.04. The summed E-state index contributed by atoms with van der Waals surface area (Å²) < 4.78 is 13.4. The first-order valence-corrected chi connectivity index (χ1v) is 5.97. The topological polar surface area (TPSA) is 91.4 Å². The summed E-state index contributed by atoms with van der Waals surface area (Å²) in [4.78, 5) is 11.0. The lowest BCUT2D eigenvalue weighted by Crippen LogP contribution is -1.99. The van der Waals surface area contributed by atoms with E-state index in [1.807, 2.05) is 6.07 Å². The SMILES string of the molecule is N#Cc1cc(F)c(N)nc1-c1c[nH]c2ncc(Cl)cc12. The molecule has 3 N–H and O–H groups in total. The predicted molar refractivity (Wildman–Crippen MR) is 73.4 cm³/mol. The molecule has 3 rings (SSSR count). The molecule has 0 radical (unpaired) electrons. The van der Waals surface area contributed by atoms with Crippen molar-refractivity contribution in [2.24, 2.45) is 0 Å². The Morgan fingerprint density at radius 2 is 2.20 bits per heavy atom. The normalized spacial score (nSPS) is 10.7. The van der Waals surface area contributed by atoms with E-state index in [0.29, 0.717) is 27.3 Å². The molecule has 0 aliphatic carbocycles. The third kappa shape index (κ3) is 1.85. The molecule has 3 aromatic heterocycles. The number of pyridine rings is 2. The number of nitrogens with zero attached hydrogens (tertiary/aromatic N) is 3. The van der Waals surface area contributed by atoms with E-state index in [4.69, 9.17) is 22.6 Å². The van der Waals surface area contributed by atoms with Gasteiger partial charge < -0.3 is 10.7 Å². The highest BCUT2D eigenvalue weighted by Gasteiger charge is 2.16. The number of nitrogen functional groups attached to an aromatic ring is 1. The van der Waals surface area contributed by atoms with Gasteiger partial charge in [-0.1, -0.05) is 11.6 Å². The number of hydrogen-bond donors (Lipinski definition) is 2. The zero-order valence-corrected chi connectivity index (χ0v) is 10.7. The molecule has 3 heterocycles. The van der Waals surface area contributed by atoms with Gasteiger partial charge in [0.1, 0.15) is 11.7 Å². The Balaban J connectivity index is 2.34. The minimum absolute atomic E-state index is 0.0950. The van der Waals surface area contributed by atoms with Crippen molar-refractivity contribution in [1.82, 2.24) is 15.0 Å². The van der Waals surface area contributed by atoms with Crippen molar-refractivity contribution in [1.29, 1.82) is 5.26 Å². The lowest BCUT2D eigenvalue weighted by molar-refractivity contribution is 0.627. The van der Waals surface area contributed by atoms with Crippen LogP contribution in [0, 0.1) is 17.1 Å². The second-order valence-corrected chi connectivity index (χ2v) is 4.55. The van der Waals surface area contributed by atoms with E-state index >= 15 is 0 Å². The highest BCUT2D eigenvalue weighted by molar-refractivity contribution is 6.31.